The molecule has 18 heavy (non-hydrogen) atoms. The molecule has 0 aliphatic heterocycles. The van der Waals surface area contributed by atoms with Gasteiger partial charge in [-0.25, -0.2) is 0 Å². The summed E-state index contributed by atoms with van der Waals surface area (Å²) in [4.78, 5) is 11.9. The number of rotatable bonds is 7. The fourth-order valence-corrected chi connectivity index (χ4v) is 1.53. The zero-order valence-electron chi connectivity index (χ0n) is 10.6. The summed E-state index contributed by atoms with van der Waals surface area (Å²) in [6.07, 6.45) is -4.23. The maximum atomic E-state index is 11.9. The lowest BCUT2D eigenvalue weighted by atomic mass is 9.86. The molecule has 106 valence electrons. The lowest BCUT2D eigenvalue weighted by Crippen LogP contribution is -2.46. The molecule has 0 radical (unpaired) electrons. The van der Waals surface area contributed by atoms with Gasteiger partial charge < -0.3 is 11.1 Å². The molecule has 0 aromatic carbocycles. The lowest BCUT2D eigenvalue weighted by molar-refractivity contribution is -0.135. The minimum Gasteiger partial charge on any atom is -0.392 e. The van der Waals surface area contributed by atoms with Gasteiger partial charge in [-0.05, 0) is 26.2 Å². The van der Waals surface area contributed by atoms with E-state index in [-0.39, 0.29) is 30.3 Å². The second-order valence-electron chi connectivity index (χ2n) is 4.38. The molecular weight excluding hydrogens is 265 g/mol. The number of alkyl halides is 3. The van der Waals surface area contributed by atoms with E-state index >= 15 is 0 Å². The largest absolute Gasteiger partial charge is 0.392 e. The first-order valence-electron chi connectivity index (χ1n) is 5.78. The second kappa shape index (κ2) is 6.92. The third kappa shape index (κ3) is 5.66. The van der Waals surface area contributed by atoms with Crippen molar-refractivity contribution in [1.29, 1.82) is 0 Å². The maximum Gasteiger partial charge on any atom is 0.389 e. The molecule has 0 aromatic heterocycles. The van der Waals surface area contributed by atoms with Crippen molar-refractivity contribution >= 4 is 23.1 Å². The predicted molar refractivity (Wildman–Crippen MR) is 68.1 cm³/mol. The molecule has 3 N–H and O–H groups in total. The fraction of sp³-hybridized carbons (Fsp3) is 0.818. The van der Waals surface area contributed by atoms with E-state index < -0.39 is 18.0 Å². The topological polar surface area (TPSA) is 55.1 Å². The SMILES string of the molecule is CCC(C)(C(=O)NCCCCC(F)(F)F)C(N)=S. The van der Waals surface area contributed by atoms with Crippen LogP contribution in [0.4, 0.5) is 13.2 Å². The summed E-state index contributed by atoms with van der Waals surface area (Å²) in [6.45, 7) is 3.61. The Morgan fingerprint density at radius 1 is 1.33 bits per heavy atom. The van der Waals surface area contributed by atoms with Crippen molar-refractivity contribution < 1.29 is 18.0 Å². The first-order chi connectivity index (χ1) is 8.13. The van der Waals surface area contributed by atoms with E-state index in [0.29, 0.717) is 6.42 Å². The quantitative estimate of drug-likeness (QED) is 0.558. The highest BCUT2D eigenvalue weighted by atomic mass is 32.1. The fourth-order valence-electron chi connectivity index (χ4n) is 1.29. The van der Waals surface area contributed by atoms with E-state index in [1.165, 1.54) is 0 Å². The monoisotopic (exact) mass is 284 g/mol. The smallest absolute Gasteiger partial charge is 0.389 e. The number of thiocarbonyl (C=S) groups is 1. The van der Waals surface area contributed by atoms with Crippen molar-refractivity contribution in [3.05, 3.63) is 0 Å². The summed E-state index contributed by atoms with van der Waals surface area (Å²) in [5.74, 6) is -0.329. The van der Waals surface area contributed by atoms with Crippen LogP contribution in [0.5, 0.6) is 0 Å². The van der Waals surface area contributed by atoms with Crippen LogP contribution in [-0.2, 0) is 4.79 Å². The van der Waals surface area contributed by atoms with Crippen molar-refractivity contribution in [3.63, 3.8) is 0 Å². The molecule has 0 spiro atoms. The summed E-state index contributed by atoms with van der Waals surface area (Å²) in [5.41, 5.74) is 4.56. The van der Waals surface area contributed by atoms with E-state index in [1.807, 2.05) is 0 Å². The Bertz CT molecular complexity index is 307. The summed E-state index contributed by atoms with van der Waals surface area (Å²) in [6, 6.07) is 0. The third-order valence-electron chi connectivity index (χ3n) is 2.92. The van der Waals surface area contributed by atoms with Crippen LogP contribution in [0.3, 0.4) is 0 Å². The highest BCUT2D eigenvalue weighted by Gasteiger charge is 2.34. The molecule has 1 atom stereocenters. The Labute approximate surface area is 110 Å². The Hall–Kier alpha value is -0.850. The number of carbonyl (C=O) groups is 1. The number of carbonyl (C=O) groups excluding carboxylic acids is 1. The first kappa shape index (κ1) is 17.2. The summed E-state index contributed by atoms with van der Waals surface area (Å²) < 4.78 is 35.6. The molecule has 0 bridgehead atoms. The Balaban J connectivity index is 4.01. The molecule has 0 rings (SSSR count). The second-order valence-corrected chi connectivity index (χ2v) is 4.82. The van der Waals surface area contributed by atoms with Crippen molar-refractivity contribution in [2.45, 2.75) is 45.7 Å². The van der Waals surface area contributed by atoms with E-state index in [9.17, 15) is 18.0 Å². The van der Waals surface area contributed by atoms with Gasteiger partial charge in [0.1, 0.15) is 0 Å². The summed E-state index contributed by atoms with van der Waals surface area (Å²) >= 11 is 4.82. The van der Waals surface area contributed by atoms with Gasteiger partial charge in [0, 0.05) is 13.0 Å². The molecule has 7 heteroatoms. The van der Waals surface area contributed by atoms with Crippen molar-refractivity contribution in [2.75, 3.05) is 6.54 Å². The number of unbranched alkanes of at least 4 members (excludes halogenated alkanes) is 1. The molecule has 3 nitrogen and oxygen atoms in total. The van der Waals surface area contributed by atoms with Crippen LogP contribution in [-0.4, -0.2) is 23.6 Å². The predicted octanol–water partition coefficient (Wildman–Crippen LogP) is 2.54. The molecule has 1 amide bonds. The first-order valence-corrected chi connectivity index (χ1v) is 6.19. The zero-order valence-corrected chi connectivity index (χ0v) is 11.4. The Morgan fingerprint density at radius 3 is 2.28 bits per heavy atom. The van der Waals surface area contributed by atoms with Gasteiger partial charge in [0.15, 0.2) is 0 Å². The number of amides is 1. The van der Waals surface area contributed by atoms with Crippen LogP contribution in [0.1, 0.15) is 39.5 Å². The minimum atomic E-state index is -4.14. The number of halogens is 3. The maximum absolute atomic E-state index is 11.9. The van der Waals surface area contributed by atoms with Gasteiger partial charge in [0.2, 0.25) is 5.91 Å². The number of nitrogens with one attached hydrogen (secondary N) is 1. The van der Waals surface area contributed by atoms with E-state index in [1.54, 1.807) is 13.8 Å². The van der Waals surface area contributed by atoms with Gasteiger partial charge in [0.05, 0.1) is 10.4 Å². The van der Waals surface area contributed by atoms with Crippen molar-refractivity contribution in [3.8, 4) is 0 Å². The standard InChI is InChI=1S/C11H19F3N2OS/c1-3-10(2,8(15)18)9(17)16-7-5-4-6-11(12,13)14/h3-7H2,1-2H3,(H2,15,18)(H,16,17). The highest BCUT2D eigenvalue weighted by Crippen LogP contribution is 2.23. The average Bonchev–Trinajstić information content (AvgIpc) is 2.25. The van der Waals surface area contributed by atoms with Crippen LogP contribution in [0.25, 0.3) is 0 Å². The van der Waals surface area contributed by atoms with Crippen LogP contribution in [0.2, 0.25) is 0 Å². The molecule has 0 aliphatic carbocycles. The number of hydrogen-bond acceptors (Lipinski definition) is 2. The minimum absolute atomic E-state index is 0.000307. The molecule has 0 saturated heterocycles. The van der Waals surface area contributed by atoms with Crippen LogP contribution in [0, 0.1) is 5.41 Å². The Morgan fingerprint density at radius 2 is 1.89 bits per heavy atom. The van der Waals surface area contributed by atoms with Gasteiger partial charge >= 0.3 is 6.18 Å². The molecule has 0 aliphatic rings. The molecule has 1 unspecified atom stereocenters. The van der Waals surface area contributed by atoms with Gasteiger partial charge in [-0.1, -0.05) is 19.1 Å². The molecular formula is C11H19F3N2OS. The van der Waals surface area contributed by atoms with E-state index in [0.717, 1.165) is 0 Å². The van der Waals surface area contributed by atoms with Crippen molar-refractivity contribution in [1.82, 2.24) is 5.32 Å². The normalized spacial score (nSPS) is 14.9. The van der Waals surface area contributed by atoms with Gasteiger partial charge in [0.25, 0.3) is 0 Å². The van der Waals surface area contributed by atoms with Gasteiger partial charge in [-0.3, -0.25) is 4.79 Å². The molecule has 0 fully saturated rings. The molecule has 0 heterocycles. The highest BCUT2D eigenvalue weighted by molar-refractivity contribution is 7.80. The van der Waals surface area contributed by atoms with Crippen LogP contribution in [0.15, 0.2) is 0 Å². The average molecular weight is 284 g/mol. The van der Waals surface area contributed by atoms with Crippen LogP contribution >= 0.6 is 12.2 Å². The number of nitrogens with two attached hydrogens (primary N) is 1. The van der Waals surface area contributed by atoms with E-state index in [2.05, 4.69) is 5.32 Å². The van der Waals surface area contributed by atoms with Gasteiger partial charge in [-0.15, -0.1) is 0 Å². The Kier molecular flexibility index (Phi) is 6.59. The zero-order chi connectivity index (χ0) is 14.4. The summed E-state index contributed by atoms with van der Waals surface area (Å²) in [7, 11) is 0. The summed E-state index contributed by atoms with van der Waals surface area (Å²) in [5, 5.41) is 2.57. The van der Waals surface area contributed by atoms with Crippen molar-refractivity contribution in [2.24, 2.45) is 11.1 Å². The number of hydrogen-bond donors (Lipinski definition) is 2. The van der Waals surface area contributed by atoms with Crippen LogP contribution < -0.4 is 11.1 Å². The van der Waals surface area contributed by atoms with E-state index in [4.69, 9.17) is 18.0 Å². The molecule has 0 aromatic rings. The van der Waals surface area contributed by atoms with Gasteiger partial charge in [-0.2, -0.15) is 13.2 Å². The lowest BCUT2D eigenvalue weighted by Gasteiger charge is -2.25. The third-order valence-corrected chi connectivity index (χ3v) is 3.38. The molecule has 0 saturated carbocycles.